The van der Waals surface area contributed by atoms with Crippen molar-refractivity contribution in [2.75, 3.05) is 30.0 Å². The summed E-state index contributed by atoms with van der Waals surface area (Å²) >= 11 is 1.54. The Bertz CT molecular complexity index is 997. The van der Waals surface area contributed by atoms with Crippen LogP contribution in [0.15, 0.2) is 48.0 Å². The first kappa shape index (κ1) is 17.4. The van der Waals surface area contributed by atoms with Gasteiger partial charge in [-0.1, -0.05) is 12.1 Å². The van der Waals surface area contributed by atoms with Crippen LogP contribution >= 0.6 is 11.3 Å². The minimum absolute atomic E-state index is 0.522. The van der Waals surface area contributed by atoms with Crippen LogP contribution in [0.3, 0.4) is 0 Å². The zero-order chi connectivity index (χ0) is 18.0. The Labute approximate surface area is 151 Å². The lowest BCUT2D eigenvalue weighted by Crippen LogP contribution is -2.10. The molecule has 0 atom stereocenters. The number of aromatic nitrogens is 2. The van der Waals surface area contributed by atoms with Crippen molar-refractivity contribution in [1.29, 1.82) is 0 Å². The van der Waals surface area contributed by atoms with Crippen molar-refractivity contribution < 1.29 is 8.42 Å². The summed E-state index contributed by atoms with van der Waals surface area (Å²) in [5, 5.41) is 2.85. The van der Waals surface area contributed by atoms with Gasteiger partial charge in [0.15, 0.2) is 0 Å². The zero-order valence-electron chi connectivity index (χ0n) is 14.1. The molecule has 0 aliphatic rings. The molecular weight excluding hydrogens is 356 g/mol. The van der Waals surface area contributed by atoms with Gasteiger partial charge in [-0.3, -0.25) is 4.72 Å². The van der Waals surface area contributed by atoms with Crippen LogP contribution in [0, 0.1) is 0 Å². The molecule has 3 rings (SSSR count). The summed E-state index contributed by atoms with van der Waals surface area (Å²) in [6, 6.07) is 11.1. The Morgan fingerprint density at radius 2 is 1.92 bits per heavy atom. The van der Waals surface area contributed by atoms with E-state index in [2.05, 4.69) is 14.7 Å². The highest BCUT2D eigenvalue weighted by Crippen LogP contribution is 2.31. The lowest BCUT2D eigenvalue weighted by Gasteiger charge is -2.11. The second-order valence-corrected chi connectivity index (χ2v) is 8.40. The third kappa shape index (κ3) is 4.34. The van der Waals surface area contributed by atoms with Gasteiger partial charge in [0.05, 0.1) is 11.9 Å². The third-order valence-corrected chi connectivity index (χ3v) is 4.91. The number of nitrogens with one attached hydrogen (secondary N) is 1. The number of hydrogen-bond donors (Lipinski definition) is 1. The molecule has 0 aliphatic heterocycles. The number of nitrogens with zero attached hydrogens (tertiary/aromatic N) is 3. The molecule has 2 heterocycles. The molecule has 1 aromatic carbocycles. The molecule has 0 fully saturated rings. The van der Waals surface area contributed by atoms with Crippen molar-refractivity contribution in [3.8, 4) is 21.8 Å². The highest BCUT2D eigenvalue weighted by Gasteiger charge is 2.10. The summed E-state index contributed by atoms with van der Waals surface area (Å²) in [6.45, 7) is 0. The highest BCUT2D eigenvalue weighted by molar-refractivity contribution is 7.92. The van der Waals surface area contributed by atoms with Gasteiger partial charge < -0.3 is 4.90 Å². The third-order valence-electron chi connectivity index (χ3n) is 3.42. The summed E-state index contributed by atoms with van der Waals surface area (Å²) in [6.07, 6.45) is 2.90. The van der Waals surface area contributed by atoms with E-state index in [0.717, 1.165) is 33.9 Å². The first-order valence-electron chi connectivity index (χ1n) is 7.49. The standard InChI is InChI=1S/C17H18N4O2S2/c1-21(2)16-10-13(7-8-18-16)17-19-15(11-24-17)12-5-4-6-14(9-12)20-25(3,22)23/h4-11,20H,1-3H3. The van der Waals surface area contributed by atoms with Gasteiger partial charge in [-0.25, -0.2) is 18.4 Å². The number of anilines is 2. The van der Waals surface area contributed by atoms with Crippen LogP contribution in [0.2, 0.25) is 0 Å². The Kier molecular flexibility index (Phi) is 4.73. The molecule has 0 saturated heterocycles. The van der Waals surface area contributed by atoms with E-state index in [-0.39, 0.29) is 0 Å². The maximum Gasteiger partial charge on any atom is 0.229 e. The van der Waals surface area contributed by atoms with Gasteiger partial charge in [-0.05, 0) is 24.3 Å². The van der Waals surface area contributed by atoms with Crippen LogP contribution in [-0.4, -0.2) is 38.7 Å². The molecule has 6 nitrogen and oxygen atoms in total. The molecule has 0 radical (unpaired) electrons. The van der Waals surface area contributed by atoms with Gasteiger partial charge in [0.25, 0.3) is 0 Å². The summed E-state index contributed by atoms with van der Waals surface area (Å²) < 4.78 is 25.3. The molecule has 0 unspecified atom stereocenters. The summed E-state index contributed by atoms with van der Waals surface area (Å²) in [5.41, 5.74) is 3.19. The lowest BCUT2D eigenvalue weighted by molar-refractivity contribution is 0.607. The molecule has 8 heteroatoms. The monoisotopic (exact) mass is 374 g/mol. The van der Waals surface area contributed by atoms with E-state index in [0.29, 0.717) is 5.69 Å². The molecular formula is C17H18N4O2S2. The fraction of sp³-hybridized carbons (Fsp3) is 0.176. The largest absolute Gasteiger partial charge is 0.363 e. The second-order valence-electron chi connectivity index (χ2n) is 5.79. The summed E-state index contributed by atoms with van der Waals surface area (Å²) in [5.74, 6) is 0.869. The highest BCUT2D eigenvalue weighted by atomic mass is 32.2. The number of benzene rings is 1. The van der Waals surface area contributed by atoms with E-state index >= 15 is 0 Å². The maximum absolute atomic E-state index is 11.4. The van der Waals surface area contributed by atoms with E-state index in [1.54, 1.807) is 35.7 Å². The zero-order valence-corrected chi connectivity index (χ0v) is 15.7. The fourth-order valence-electron chi connectivity index (χ4n) is 2.29. The van der Waals surface area contributed by atoms with Gasteiger partial charge in [0.1, 0.15) is 10.8 Å². The molecule has 0 aliphatic carbocycles. The Balaban J connectivity index is 1.92. The predicted octanol–water partition coefficient (Wildman–Crippen LogP) is 3.31. The molecule has 0 saturated carbocycles. The maximum atomic E-state index is 11.4. The van der Waals surface area contributed by atoms with E-state index in [1.165, 1.54) is 0 Å². The van der Waals surface area contributed by atoms with Crippen molar-refractivity contribution in [1.82, 2.24) is 9.97 Å². The van der Waals surface area contributed by atoms with Crippen molar-refractivity contribution in [3.63, 3.8) is 0 Å². The van der Waals surface area contributed by atoms with Crippen LogP contribution in [0.25, 0.3) is 21.8 Å². The Hall–Kier alpha value is -2.45. The minimum Gasteiger partial charge on any atom is -0.363 e. The SMILES string of the molecule is CN(C)c1cc(-c2nc(-c3cccc(NS(C)(=O)=O)c3)cs2)ccn1. The van der Waals surface area contributed by atoms with Gasteiger partial charge in [-0.15, -0.1) is 11.3 Å². The summed E-state index contributed by atoms with van der Waals surface area (Å²) in [4.78, 5) is 10.9. The number of rotatable bonds is 5. The van der Waals surface area contributed by atoms with Crippen LogP contribution < -0.4 is 9.62 Å². The van der Waals surface area contributed by atoms with Crippen LogP contribution in [0.5, 0.6) is 0 Å². The average molecular weight is 374 g/mol. The van der Waals surface area contributed by atoms with Crippen molar-refractivity contribution in [3.05, 3.63) is 48.0 Å². The van der Waals surface area contributed by atoms with Crippen LogP contribution in [0.1, 0.15) is 0 Å². The van der Waals surface area contributed by atoms with Crippen molar-refractivity contribution >= 4 is 32.9 Å². The van der Waals surface area contributed by atoms with Gasteiger partial charge in [-0.2, -0.15) is 0 Å². The molecule has 0 spiro atoms. The average Bonchev–Trinajstić information content (AvgIpc) is 3.03. The predicted molar refractivity (Wildman–Crippen MR) is 104 cm³/mol. The number of thiazole rings is 1. The molecule has 130 valence electrons. The van der Waals surface area contributed by atoms with E-state index in [9.17, 15) is 8.42 Å². The molecule has 0 bridgehead atoms. The van der Waals surface area contributed by atoms with Gasteiger partial charge in [0.2, 0.25) is 10.0 Å². The summed E-state index contributed by atoms with van der Waals surface area (Å²) in [7, 11) is 0.582. The lowest BCUT2D eigenvalue weighted by atomic mass is 10.1. The smallest absolute Gasteiger partial charge is 0.229 e. The fourth-order valence-corrected chi connectivity index (χ4v) is 3.67. The molecule has 0 amide bonds. The second kappa shape index (κ2) is 6.81. The van der Waals surface area contributed by atoms with E-state index in [4.69, 9.17) is 0 Å². The van der Waals surface area contributed by atoms with E-state index in [1.807, 2.05) is 42.6 Å². The topological polar surface area (TPSA) is 75.2 Å². The van der Waals surface area contributed by atoms with Crippen LogP contribution in [0.4, 0.5) is 11.5 Å². The molecule has 2 aromatic heterocycles. The van der Waals surface area contributed by atoms with Crippen molar-refractivity contribution in [2.45, 2.75) is 0 Å². The quantitative estimate of drug-likeness (QED) is 0.741. The number of hydrogen-bond acceptors (Lipinski definition) is 6. The number of sulfonamides is 1. The normalized spacial score (nSPS) is 11.3. The van der Waals surface area contributed by atoms with Crippen LogP contribution in [-0.2, 0) is 10.0 Å². The minimum atomic E-state index is -3.31. The molecule has 1 N–H and O–H groups in total. The molecule has 3 aromatic rings. The van der Waals surface area contributed by atoms with Gasteiger partial charge >= 0.3 is 0 Å². The van der Waals surface area contributed by atoms with Crippen molar-refractivity contribution in [2.24, 2.45) is 0 Å². The Morgan fingerprint density at radius 1 is 1.12 bits per heavy atom. The van der Waals surface area contributed by atoms with Gasteiger partial charge in [0, 0.05) is 42.5 Å². The Morgan fingerprint density at radius 3 is 2.64 bits per heavy atom. The first-order valence-corrected chi connectivity index (χ1v) is 10.3. The molecule has 25 heavy (non-hydrogen) atoms. The van der Waals surface area contributed by atoms with E-state index < -0.39 is 10.0 Å². The first-order chi connectivity index (χ1) is 11.8. The number of pyridine rings is 1.